The zero-order valence-corrected chi connectivity index (χ0v) is 13.0. The van der Waals surface area contributed by atoms with Crippen molar-refractivity contribution in [3.63, 3.8) is 0 Å². The zero-order valence-electron chi connectivity index (χ0n) is 13.0. The minimum atomic E-state index is -1.78. The molecule has 8 heteroatoms. The monoisotopic (exact) mass is 330 g/mol. The summed E-state index contributed by atoms with van der Waals surface area (Å²) in [6.07, 6.45) is -1.26. The standard InChI is InChI=1S/C16H14N2O6/c1-3-23-15(21)9(2)24-16(22)12(8-17)18-13(19)10-6-4-5-7-11(10)14(18)20/h4-7,9,12H,3H2,1-2H3/t9-,12?/m0/s1. The highest BCUT2D eigenvalue weighted by Crippen LogP contribution is 2.24. The fraction of sp³-hybridized carbons (Fsp3) is 0.312. The quantitative estimate of drug-likeness (QED) is 0.576. The fourth-order valence-electron chi connectivity index (χ4n) is 2.20. The number of nitriles is 1. The number of carbonyl (C=O) groups is 4. The van der Waals surface area contributed by atoms with Crippen molar-refractivity contribution in [2.45, 2.75) is 26.0 Å². The number of nitrogens with zero attached hydrogens (tertiary/aromatic N) is 2. The summed E-state index contributed by atoms with van der Waals surface area (Å²) in [5, 5.41) is 9.21. The number of hydrogen-bond acceptors (Lipinski definition) is 7. The Morgan fingerprint density at radius 2 is 1.71 bits per heavy atom. The minimum absolute atomic E-state index is 0.0980. The normalized spacial score (nSPS) is 15.3. The van der Waals surface area contributed by atoms with E-state index in [1.165, 1.54) is 19.1 Å². The molecule has 8 nitrogen and oxygen atoms in total. The Balaban J connectivity index is 2.20. The van der Waals surface area contributed by atoms with Crippen LogP contribution in [0.15, 0.2) is 24.3 Å². The molecule has 0 aromatic heterocycles. The van der Waals surface area contributed by atoms with Crippen LogP contribution in [-0.2, 0) is 19.1 Å². The molecule has 1 aliphatic rings. The van der Waals surface area contributed by atoms with Gasteiger partial charge in [0.25, 0.3) is 11.8 Å². The molecule has 0 saturated carbocycles. The summed E-state index contributed by atoms with van der Waals surface area (Å²) in [7, 11) is 0. The Hall–Kier alpha value is -3.21. The molecule has 0 aliphatic carbocycles. The molecule has 2 atom stereocenters. The molecule has 0 spiro atoms. The Morgan fingerprint density at radius 3 is 2.17 bits per heavy atom. The van der Waals surface area contributed by atoms with E-state index >= 15 is 0 Å². The van der Waals surface area contributed by atoms with Gasteiger partial charge in [-0.05, 0) is 26.0 Å². The molecular weight excluding hydrogens is 316 g/mol. The van der Waals surface area contributed by atoms with Gasteiger partial charge in [0.1, 0.15) is 6.07 Å². The molecule has 2 amide bonds. The topological polar surface area (TPSA) is 114 Å². The van der Waals surface area contributed by atoms with Gasteiger partial charge in [-0.1, -0.05) is 12.1 Å². The van der Waals surface area contributed by atoms with Gasteiger partial charge in [-0.2, -0.15) is 5.26 Å². The van der Waals surface area contributed by atoms with E-state index in [2.05, 4.69) is 4.74 Å². The lowest BCUT2D eigenvalue weighted by molar-refractivity contribution is -0.167. The average Bonchev–Trinajstić information content (AvgIpc) is 2.81. The number of esters is 2. The van der Waals surface area contributed by atoms with Gasteiger partial charge in [-0.25, -0.2) is 14.5 Å². The number of imide groups is 1. The molecule has 1 aromatic carbocycles. The molecule has 0 N–H and O–H groups in total. The predicted octanol–water partition coefficient (Wildman–Crippen LogP) is 0.670. The van der Waals surface area contributed by atoms with Crippen LogP contribution in [0.3, 0.4) is 0 Å². The number of amides is 2. The molecule has 0 bridgehead atoms. The minimum Gasteiger partial charge on any atom is -0.463 e. The number of benzene rings is 1. The van der Waals surface area contributed by atoms with Crippen molar-refractivity contribution in [1.82, 2.24) is 4.90 Å². The van der Waals surface area contributed by atoms with Crippen LogP contribution in [0.5, 0.6) is 0 Å². The van der Waals surface area contributed by atoms with Crippen LogP contribution in [0, 0.1) is 11.3 Å². The Morgan fingerprint density at radius 1 is 1.17 bits per heavy atom. The summed E-state index contributed by atoms with van der Waals surface area (Å²) in [5.74, 6) is -3.48. The third-order valence-electron chi connectivity index (χ3n) is 3.34. The molecule has 0 radical (unpaired) electrons. The molecule has 24 heavy (non-hydrogen) atoms. The van der Waals surface area contributed by atoms with Gasteiger partial charge in [-0.3, -0.25) is 9.59 Å². The number of rotatable bonds is 5. The van der Waals surface area contributed by atoms with Crippen molar-refractivity contribution in [2.24, 2.45) is 0 Å². The first kappa shape index (κ1) is 17.1. The lowest BCUT2D eigenvalue weighted by Crippen LogP contribution is -2.46. The summed E-state index contributed by atoms with van der Waals surface area (Å²) in [4.78, 5) is 48.7. The summed E-state index contributed by atoms with van der Waals surface area (Å²) in [6, 6.07) is 5.78. The van der Waals surface area contributed by atoms with E-state index in [0.717, 1.165) is 0 Å². The van der Waals surface area contributed by atoms with Gasteiger partial charge in [0.2, 0.25) is 6.04 Å². The molecule has 2 rings (SSSR count). The fourth-order valence-corrected chi connectivity index (χ4v) is 2.20. The van der Waals surface area contributed by atoms with Crippen LogP contribution in [0.2, 0.25) is 0 Å². The lowest BCUT2D eigenvalue weighted by atomic mass is 10.1. The van der Waals surface area contributed by atoms with Gasteiger partial charge in [-0.15, -0.1) is 0 Å². The molecular formula is C16H14N2O6. The van der Waals surface area contributed by atoms with Crippen molar-refractivity contribution < 1.29 is 28.7 Å². The molecule has 1 heterocycles. The number of hydrogen-bond donors (Lipinski definition) is 0. The lowest BCUT2D eigenvalue weighted by Gasteiger charge is -2.20. The number of fused-ring (bicyclic) bond motifs is 1. The highest BCUT2D eigenvalue weighted by molar-refractivity contribution is 6.23. The van der Waals surface area contributed by atoms with Crippen molar-refractivity contribution in [3.05, 3.63) is 35.4 Å². The Bertz CT molecular complexity index is 716. The van der Waals surface area contributed by atoms with Gasteiger partial charge in [0, 0.05) is 0 Å². The molecule has 124 valence electrons. The van der Waals surface area contributed by atoms with Crippen LogP contribution in [0.1, 0.15) is 34.6 Å². The van der Waals surface area contributed by atoms with E-state index in [1.54, 1.807) is 25.1 Å². The first-order valence-electron chi connectivity index (χ1n) is 7.16. The SMILES string of the molecule is CCOC(=O)[C@H](C)OC(=O)C(C#N)N1C(=O)c2ccccc2C1=O. The molecule has 0 saturated heterocycles. The molecule has 1 aromatic rings. The van der Waals surface area contributed by atoms with E-state index in [0.29, 0.717) is 4.90 Å². The maximum atomic E-state index is 12.3. The summed E-state index contributed by atoms with van der Waals surface area (Å²) >= 11 is 0. The van der Waals surface area contributed by atoms with E-state index in [9.17, 15) is 24.4 Å². The van der Waals surface area contributed by atoms with Crippen molar-refractivity contribution >= 4 is 23.8 Å². The highest BCUT2D eigenvalue weighted by atomic mass is 16.6. The predicted molar refractivity (Wildman–Crippen MR) is 78.5 cm³/mol. The molecule has 1 aliphatic heterocycles. The van der Waals surface area contributed by atoms with Crippen LogP contribution >= 0.6 is 0 Å². The van der Waals surface area contributed by atoms with Gasteiger partial charge < -0.3 is 9.47 Å². The van der Waals surface area contributed by atoms with Crippen LogP contribution in [0.4, 0.5) is 0 Å². The second-order valence-electron chi connectivity index (χ2n) is 4.89. The number of carbonyl (C=O) groups excluding carboxylic acids is 4. The molecule has 0 fully saturated rings. The first-order valence-corrected chi connectivity index (χ1v) is 7.16. The van der Waals surface area contributed by atoms with Gasteiger partial charge in [0.15, 0.2) is 6.10 Å². The zero-order chi connectivity index (χ0) is 17.9. The summed E-state index contributed by atoms with van der Waals surface area (Å²) < 4.78 is 9.53. The van der Waals surface area contributed by atoms with Crippen LogP contribution in [0.25, 0.3) is 0 Å². The average molecular weight is 330 g/mol. The molecule has 1 unspecified atom stereocenters. The third kappa shape index (κ3) is 2.96. The van der Waals surface area contributed by atoms with Gasteiger partial charge >= 0.3 is 11.9 Å². The van der Waals surface area contributed by atoms with Crippen molar-refractivity contribution in [2.75, 3.05) is 6.61 Å². The van der Waals surface area contributed by atoms with E-state index in [4.69, 9.17) is 4.74 Å². The smallest absolute Gasteiger partial charge is 0.347 e. The van der Waals surface area contributed by atoms with E-state index in [-0.39, 0.29) is 17.7 Å². The largest absolute Gasteiger partial charge is 0.463 e. The van der Waals surface area contributed by atoms with Crippen molar-refractivity contribution in [3.8, 4) is 6.07 Å². The van der Waals surface area contributed by atoms with Crippen LogP contribution < -0.4 is 0 Å². The summed E-state index contributed by atoms with van der Waals surface area (Å²) in [5.41, 5.74) is 0.211. The second-order valence-corrected chi connectivity index (χ2v) is 4.89. The van der Waals surface area contributed by atoms with E-state index in [1.807, 2.05) is 0 Å². The Kier molecular flexibility index (Phi) is 4.94. The second kappa shape index (κ2) is 6.91. The number of ether oxygens (including phenoxy) is 2. The highest BCUT2D eigenvalue weighted by Gasteiger charge is 2.44. The van der Waals surface area contributed by atoms with Crippen LogP contribution in [-0.4, -0.2) is 47.4 Å². The van der Waals surface area contributed by atoms with Gasteiger partial charge in [0.05, 0.1) is 17.7 Å². The Labute approximate surface area is 137 Å². The maximum absolute atomic E-state index is 12.3. The van der Waals surface area contributed by atoms with E-state index < -0.39 is 35.9 Å². The third-order valence-corrected chi connectivity index (χ3v) is 3.34. The maximum Gasteiger partial charge on any atom is 0.347 e. The first-order chi connectivity index (χ1) is 11.4. The summed E-state index contributed by atoms with van der Waals surface area (Å²) in [6.45, 7) is 2.96. The van der Waals surface area contributed by atoms with Crippen molar-refractivity contribution in [1.29, 1.82) is 5.26 Å².